The molecular weight excluding hydrogens is 493 g/mol. The lowest BCUT2D eigenvalue weighted by molar-refractivity contribution is 0.0683. The van der Waals surface area contributed by atoms with Crippen molar-refractivity contribution in [1.82, 2.24) is 24.1 Å². The van der Waals surface area contributed by atoms with Crippen LogP contribution in [0.25, 0.3) is 10.9 Å². The molecule has 0 fully saturated rings. The second kappa shape index (κ2) is 10.1. The van der Waals surface area contributed by atoms with Crippen LogP contribution in [0.3, 0.4) is 0 Å². The lowest BCUT2D eigenvalue weighted by Gasteiger charge is -2.33. The molecule has 0 radical (unpaired) electrons. The Hall–Kier alpha value is -3.89. The van der Waals surface area contributed by atoms with Gasteiger partial charge >= 0.3 is 0 Å². The Labute approximate surface area is 219 Å². The van der Waals surface area contributed by atoms with Crippen molar-refractivity contribution in [2.45, 2.75) is 45.7 Å². The molecule has 2 aliphatic rings. The van der Waals surface area contributed by atoms with E-state index in [4.69, 9.17) is 9.47 Å². The van der Waals surface area contributed by atoms with Crippen LogP contribution >= 0.6 is 0 Å². The molecule has 1 atom stereocenters. The third kappa shape index (κ3) is 4.19. The average molecular weight is 526 g/mol. The van der Waals surface area contributed by atoms with Gasteiger partial charge in [-0.2, -0.15) is 5.10 Å². The molecule has 1 unspecified atom stereocenters. The number of carbonyl (C=O) groups is 2. The van der Waals surface area contributed by atoms with Crippen LogP contribution in [0.4, 0.5) is 4.39 Å². The number of hydrogen-bond donors (Lipinski definition) is 0. The lowest BCUT2D eigenvalue weighted by Crippen LogP contribution is -2.42. The van der Waals surface area contributed by atoms with Gasteiger partial charge < -0.3 is 23.8 Å². The Bertz CT molecular complexity index is 1480. The van der Waals surface area contributed by atoms with Crippen LogP contribution in [0.5, 0.6) is 11.5 Å². The average Bonchev–Trinajstić information content (AvgIpc) is 3.26. The number of methoxy groups -OCH3 is 1. The highest BCUT2D eigenvalue weighted by Crippen LogP contribution is 2.39. The minimum atomic E-state index is -0.511. The Morgan fingerprint density at radius 1 is 1.16 bits per heavy atom. The summed E-state index contributed by atoms with van der Waals surface area (Å²) in [6.07, 6.45) is 2.29. The number of halogens is 1. The molecule has 5 rings (SSSR count). The van der Waals surface area contributed by atoms with E-state index in [1.807, 2.05) is 13.8 Å². The molecule has 202 valence electrons. The third-order valence-electron chi connectivity index (χ3n) is 7.35. The molecule has 0 saturated carbocycles. The fourth-order valence-electron chi connectivity index (χ4n) is 5.38. The molecule has 2 aromatic heterocycles. The van der Waals surface area contributed by atoms with Gasteiger partial charge in [-0.3, -0.25) is 14.4 Å². The molecule has 0 N–H and O–H groups in total. The van der Waals surface area contributed by atoms with Crippen molar-refractivity contribution in [1.29, 1.82) is 0 Å². The second-order valence-corrected chi connectivity index (χ2v) is 9.87. The molecule has 11 heteroatoms. The largest absolute Gasteiger partial charge is 0.493 e. The van der Waals surface area contributed by atoms with Gasteiger partial charge in [0.1, 0.15) is 17.0 Å². The summed E-state index contributed by atoms with van der Waals surface area (Å²) in [5.41, 5.74) is 0.643. The number of hydrogen-bond acceptors (Lipinski definition) is 6. The first-order chi connectivity index (χ1) is 18.3. The van der Waals surface area contributed by atoms with Crippen molar-refractivity contribution < 1.29 is 23.5 Å². The van der Waals surface area contributed by atoms with Gasteiger partial charge in [0.05, 0.1) is 25.8 Å². The molecule has 10 nitrogen and oxygen atoms in total. The zero-order valence-electron chi connectivity index (χ0n) is 22.1. The van der Waals surface area contributed by atoms with E-state index in [9.17, 15) is 18.8 Å². The van der Waals surface area contributed by atoms with E-state index in [1.165, 1.54) is 23.9 Å². The van der Waals surface area contributed by atoms with Gasteiger partial charge in [0.25, 0.3) is 17.4 Å². The van der Waals surface area contributed by atoms with Crippen molar-refractivity contribution in [2.75, 3.05) is 40.4 Å². The third-order valence-corrected chi connectivity index (χ3v) is 7.35. The van der Waals surface area contributed by atoms with E-state index in [0.29, 0.717) is 43.1 Å². The van der Waals surface area contributed by atoms with Gasteiger partial charge in [-0.25, -0.2) is 9.07 Å². The summed E-state index contributed by atoms with van der Waals surface area (Å²) < 4.78 is 28.5. The van der Waals surface area contributed by atoms with Crippen LogP contribution in [0.2, 0.25) is 0 Å². The van der Waals surface area contributed by atoms with Gasteiger partial charge in [-0.05, 0) is 39.2 Å². The Morgan fingerprint density at radius 2 is 1.95 bits per heavy atom. The topological polar surface area (TPSA) is 98.9 Å². The highest BCUT2D eigenvalue weighted by atomic mass is 19.1. The van der Waals surface area contributed by atoms with Gasteiger partial charge in [0, 0.05) is 44.4 Å². The molecule has 0 saturated heterocycles. The van der Waals surface area contributed by atoms with E-state index in [2.05, 4.69) is 5.10 Å². The lowest BCUT2D eigenvalue weighted by atomic mass is 10.1. The number of amides is 2. The summed E-state index contributed by atoms with van der Waals surface area (Å²) in [4.78, 5) is 44.5. The van der Waals surface area contributed by atoms with Gasteiger partial charge in [-0.15, -0.1) is 0 Å². The Balaban J connectivity index is 1.82. The summed E-state index contributed by atoms with van der Waals surface area (Å²) >= 11 is 0. The highest BCUT2D eigenvalue weighted by molar-refractivity contribution is 6.10. The van der Waals surface area contributed by atoms with Crippen LogP contribution in [0.1, 0.15) is 65.7 Å². The van der Waals surface area contributed by atoms with E-state index >= 15 is 0 Å². The summed E-state index contributed by atoms with van der Waals surface area (Å²) in [6.45, 7) is 5.57. The maximum atomic E-state index is 14.1. The second-order valence-electron chi connectivity index (χ2n) is 9.87. The minimum Gasteiger partial charge on any atom is -0.493 e. The van der Waals surface area contributed by atoms with Crippen molar-refractivity contribution in [3.8, 4) is 11.5 Å². The van der Waals surface area contributed by atoms with Gasteiger partial charge in [0.2, 0.25) is 0 Å². The first kappa shape index (κ1) is 25.7. The predicted molar refractivity (Wildman–Crippen MR) is 139 cm³/mol. The number of nitrogens with zero attached hydrogens (tertiary/aromatic N) is 5. The first-order valence-corrected chi connectivity index (χ1v) is 13.0. The minimum absolute atomic E-state index is 0.0529. The molecule has 38 heavy (non-hydrogen) atoms. The fraction of sp³-hybridized carbons (Fsp3) is 0.481. The van der Waals surface area contributed by atoms with Crippen molar-refractivity contribution in [2.24, 2.45) is 0 Å². The van der Waals surface area contributed by atoms with Crippen LogP contribution in [0.15, 0.2) is 23.0 Å². The SMILES string of the molecule is CCN1CC(C)n2c(c(OC)c3c(=O)n4nc(c32)C(=O)N(C)CCCCCOc2cc(F)ccc2C4)C1=O. The maximum absolute atomic E-state index is 14.1. The van der Waals surface area contributed by atoms with Crippen LogP contribution < -0.4 is 15.0 Å². The number of benzene rings is 1. The Morgan fingerprint density at radius 3 is 2.68 bits per heavy atom. The van der Waals surface area contributed by atoms with Gasteiger partial charge in [-0.1, -0.05) is 6.07 Å². The zero-order chi connectivity index (χ0) is 27.1. The standard InChI is InChI=1S/C27H32FN5O5/c1-5-31-14-16(2)33-22-20(24(37-4)23(33)27(31)36)25(34)32-15-17-9-10-18(28)13-19(17)38-12-8-6-7-11-30(3)26(35)21(22)29-32/h9-10,13,16H,5-8,11-12,14-15H2,1-4H3. The predicted octanol–water partition coefficient (Wildman–Crippen LogP) is 3.07. The van der Waals surface area contributed by atoms with Gasteiger partial charge in [0.15, 0.2) is 17.1 Å². The van der Waals surface area contributed by atoms with Crippen molar-refractivity contribution >= 4 is 22.7 Å². The fourth-order valence-corrected chi connectivity index (χ4v) is 5.38. The highest BCUT2D eigenvalue weighted by Gasteiger charge is 2.38. The monoisotopic (exact) mass is 525 g/mol. The molecule has 0 aliphatic carbocycles. The number of fused-ring (bicyclic) bond motifs is 7. The normalized spacial score (nSPS) is 18.6. The summed E-state index contributed by atoms with van der Waals surface area (Å²) in [7, 11) is 3.12. The zero-order valence-corrected chi connectivity index (χ0v) is 22.1. The van der Waals surface area contributed by atoms with Crippen LogP contribution in [-0.4, -0.2) is 76.4 Å². The summed E-state index contributed by atoms with van der Waals surface area (Å²) in [6, 6.07) is 3.93. The molecule has 4 heterocycles. The summed E-state index contributed by atoms with van der Waals surface area (Å²) in [5, 5.41) is 4.69. The van der Waals surface area contributed by atoms with E-state index in [-0.39, 0.29) is 46.9 Å². The molecular formula is C27H32FN5O5. The summed E-state index contributed by atoms with van der Waals surface area (Å²) in [5.74, 6) is -0.614. The molecule has 2 amide bonds. The molecule has 1 aromatic carbocycles. The molecule has 0 spiro atoms. The van der Waals surface area contributed by atoms with Crippen LogP contribution in [0, 0.1) is 5.82 Å². The smallest absolute Gasteiger partial charge is 0.280 e. The number of aromatic nitrogens is 3. The first-order valence-electron chi connectivity index (χ1n) is 13.0. The molecule has 2 bridgehead atoms. The van der Waals surface area contributed by atoms with E-state index in [1.54, 1.807) is 27.5 Å². The van der Waals surface area contributed by atoms with Crippen molar-refractivity contribution in [3.05, 3.63) is 51.3 Å². The maximum Gasteiger partial charge on any atom is 0.280 e. The number of ether oxygens (including phenoxy) is 2. The van der Waals surface area contributed by atoms with Crippen LogP contribution in [-0.2, 0) is 6.54 Å². The van der Waals surface area contributed by atoms with Crippen molar-refractivity contribution in [3.63, 3.8) is 0 Å². The van der Waals surface area contributed by atoms with E-state index < -0.39 is 11.4 Å². The molecule has 2 aliphatic heterocycles. The quantitative estimate of drug-likeness (QED) is 0.510. The number of carbonyl (C=O) groups excluding carboxylic acids is 2. The Kier molecular flexibility index (Phi) is 6.85. The molecule has 3 aromatic rings. The van der Waals surface area contributed by atoms with E-state index in [0.717, 1.165) is 19.3 Å². The number of likely N-dealkylation sites (N-methyl/N-ethyl adjacent to an activating group) is 1. The number of rotatable bonds is 2.